The van der Waals surface area contributed by atoms with E-state index in [-0.39, 0.29) is 0 Å². The predicted octanol–water partition coefficient (Wildman–Crippen LogP) is 3.57. The highest BCUT2D eigenvalue weighted by molar-refractivity contribution is 5.42. The van der Waals surface area contributed by atoms with Gasteiger partial charge in [-0.1, -0.05) is 44.2 Å². The summed E-state index contributed by atoms with van der Waals surface area (Å²) in [5, 5.41) is 3.51. The molecule has 3 heteroatoms. The van der Waals surface area contributed by atoms with Crippen molar-refractivity contribution in [2.45, 2.75) is 38.1 Å². The minimum absolute atomic E-state index is 0.438. The Bertz CT molecular complexity index is 551. The van der Waals surface area contributed by atoms with E-state index in [4.69, 9.17) is 0 Å². The van der Waals surface area contributed by atoms with Gasteiger partial charge in [0.05, 0.1) is 0 Å². The maximum absolute atomic E-state index is 4.31. The van der Waals surface area contributed by atoms with Gasteiger partial charge in [0, 0.05) is 23.7 Å². The molecule has 0 bridgehead atoms. The number of aromatic nitrogens is 2. The van der Waals surface area contributed by atoms with Crippen molar-refractivity contribution in [1.29, 1.82) is 0 Å². The van der Waals surface area contributed by atoms with Crippen LogP contribution in [0, 0.1) is 0 Å². The van der Waals surface area contributed by atoms with Gasteiger partial charge in [-0.05, 0) is 17.9 Å². The van der Waals surface area contributed by atoms with Gasteiger partial charge < -0.3 is 5.32 Å². The van der Waals surface area contributed by atoms with Gasteiger partial charge in [0.2, 0.25) is 0 Å². The Hall–Kier alpha value is -1.90. The summed E-state index contributed by atoms with van der Waals surface area (Å²) >= 11 is 0. The van der Waals surface area contributed by atoms with Crippen LogP contribution in [0.15, 0.2) is 42.7 Å². The fraction of sp³-hybridized carbons (Fsp3) is 0.375. The van der Waals surface area contributed by atoms with E-state index in [1.54, 1.807) is 6.33 Å². The molecule has 1 saturated carbocycles. The molecule has 3 rings (SSSR count). The molecule has 98 valence electrons. The van der Waals surface area contributed by atoms with Gasteiger partial charge in [0.25, 0.3) is 0 Å². The molecule has 0 radical (unpaired) electrons. The Morgan fingerprint density at radius 2 is 1.95 bits per heavy atom. The van der Waals surface area contributed by atoms with Crippen LogP contribution in [0.2, 0.25) is 0 Å². The van der Waals surface area contributed by atoms with E-state index in [0.717, 1.165) is 11.5 Å². The zero-order valence-electron chi connectivity index (χ0n) is 11.4. The quantitative estimate of drug-likeness (QED) is 0.905. The van der Waals surface area contributed by atoms with Crippen LogP contribution in [-0.4, -0.2) is 16.0 Å². The average molecular weight is 253 g/mol. The smallest absolute Gasteiger partial charge is 0.129 e. The van der Waals surface area contributed by atoms with Crippen LogP contribution in [0.3, 0.4) is 0 Å². The van der Waals surface area contributed by atoms with E-state index < -0.39 is 0 Å². The Labute approximate surface area is 114 Å². The molecule has 1 aromatic carbocycles. The Morgan fingerprint density at radius 3 is 2.68 bits per heavy atom. The molecule has 1 aliphatic rings. The van der Waals surface area contributed by atoms with Crippen LogP contribution >= 0.6 is 0 Å². The summed E-state index contributed by atoms with van der Waals surface area (Å²) in [7, 11) is 0. The van der Waals surface area contributed by atoms with Gasteiger partial charge in [0.1, 0.15) is 12.1 Å². The summed E-state index contributed by atoms with van der Waals surface area (Å²) in [4.78, 5) is 8.60. The van der Waals surface area contributed by atoms with Crippen molar-refractivity contribution in [3.05, 3.63) is 54.0 Å². The molecule has 1 N–H and O–H groups in total. The lowest BCUT2D eigenvalue weighted by atomic mass is 10.1. The monoisotopic (exact) mass is 253 g/mol. The molecule has 3 nitrogen and oxygen atoms in total. The third-order valence-electron chi connectivity index (χ3n) is 3.63. The van der Waals surface area contributed by atoms with Gasteiger partial charge in [-0.3, -0.25) is 0 Å². The lowest BCUT2D eigenvalue weighted by Crippen LogP contribution is -2.07. The van der Waals surface area contributed by atoms with Gasteiger partial charge in [-0.15, -0.1) is 0 Å². The minimum Gasteiger partial charge on any atom is -0.367 e. The maximum Gasteiger partial charge on any atom is 0.129 e. The SMILES string of the molecule is CC(C)c1cc(NC2CC2c2ccccc2)ncn1. The standard InChI is InChI=1S/C16H19N3/c1-11(2)14-9-16(18-10-17-14)19-15-8-13(15)12-6-4-3-5-7-12/h3-7,9-11,13,15H,8H2,1-2H3,(H,17,18,19). The molecule has 2 unspecified atom stereocenters. The summed E-state index contributed by atoms with van der Waals surface area (Å²) in [6.07, 6.45) is 2.84. The lowest BCUT2D eigenvalue weighted by Gasteiger charge is -2.08. The number of benzene rings is 1. The van der Waals surface area contributed by atoms with Gasteiger partial charge in [-0.25, -0.2) is 9.97 Å². The first kappa shape index (κ1) is 12.2. The number of rotatable bonds is 4. The number of hydrogen-bond acceptors (Lipinski definition) is 3. The summed E-state index contributed by atoms with van der Waals surface area (Å²) in [5.41, 5.74) is 2.51. The van der Waals surface area contributed by atoms with Crippen LogP contribution in [0.25, 0.3) is 0 Å². The largest absolute Gasteiger partial charge is 0.367 e. The molecule has 1 fully saturated rings. The second-order valence-electron chi connectivity index (χ2n) is 5.49. The van der Waals surface area contributed by atoms with Crippen molar-refractivity contribution in [2.75, 3.05) is 5.32 Å². The van der Waals surface area contributed by atoms with Crippen molar-refractivity contribution in [3.8, 4) is 0 Å². The molecule has 19 heavy (non-hydrogen) atoms. The van der Waals surface area contributed by atoms with E-state index >= 15 is 0 Å². The first-order valence-electron chi connectivity index (χ1n) is 6.87. The third kappa shape index (κ3) is 2.75. The number of anilines is 1. The van der Waals surface area contributed by atoms with Crippen LogP contribution in [0.5, 0.6) is 0 Å². The fourth-order valence-corrected chi connectivity index (χ4v) is 2.38. The molecule has 0 aliphatic heterocycles. The Balaban J connectivity index is 1.66. The number of nitrogens with zero attached hydrogens (tertiary/aromatic N) is 2. The van der Waals surface area contributed by atoms with Crippen LogP contribution in [0.4, 0.5) is 5.82 Å². The molecule has 1 heterocycles. The molecule has 1 aliphatic carbocycles. The van der Waals surface area contributed by atoms with Crippen molar-refractivity contribution in [2.24, 2.45) is 0 Å². The van der Waals surface area contributed by atoms with E-state index in [9.17, 15) is 0 Å². The second-order valence-corrected chi connectivity index (χ2v) is 5.49. The molecular formula is C16H19N3. The van der Waals surface area contributed by atoms with Gasteiger partial charge in [0.15, 0.2) is 0 Å². The second kappa shape index (κ2) is 5.00. The lowest BCUT2D eigenvalue weighted by molar-refractivity contribution is 0.813. The molecule has 2 aromatic rings. The molecular weight excluding hydrogens is 234 g/mol. The molecule has 0 spiro atoms. The molecule has 1 aromatic heterocycles. The normalized spacial score (nSPS) is 21.4. The topological polar surface area (TPSA) is 37.8 Å². The summed E-state index contributed by atoms with van der Waals surface area (Å²) < 4.78 is 0. The minimum atomic E-state index is 0.438. The first-order valence-corrected chi connectivity index (χ1v) is 6.87. The molecule has 0 saturated heterocycles. The highest BCUT2D eigenvalue weighted by Crippen LogP contribution is 2.42. The third-order valence-corrected chi connectivity index (χ3v) is 3.63. The highest BCUT2D eigenvalue weighted by Gasteiger charge is 2.38. The first-order chi connectivity index (χ1) is 9.24. The van der Waals surface area contributed by atoms with E-state index in [1.807, 2.05) is 0 Å². The zero-order valence-corrected chi connectivity index (χ0v) is 11.4. The Kier molecular flexibility index (Phi) is 3.20. The van der Waals surface area contributed by atoms with Crippen molar-refractivity contribution >= 4 is 5.82 Å². The van der Waals surface area contributed by atoms with Crippen LogP contribution in [0.1, 0.15) is 43.4 Å². The average Bonchev–Trinajstić information content (AvgIpc) is 3.19. The van der Waals surface area contributed by atoms with Gasteiger partial charge in [-0.2, -0.15) is 0 Å². The number of hydrogen-bond donors (Lipinski definition) is 1. The highest BCUT2D eigenvalue weighted by atomic mass is 15.1. The van der Waals surface area contributed by atoms with Crippen molar-refractivity contribution in [3.63, 3.8) is 0 Å². The summed E-state index contributed by atoms with van der Waals surface area (Å²) in [5.74, 6) is 2.01. The predicted molar refractivity (Wildman–Crippen MR) is 77.3 cm³/mol. The number of nitrogens with one attached hydrogen (secondary N) is 1. The van der Waals surface area contributed by atoms with Crippen molar-refractivity contribution in [1.82, 2.24) is 9.97 Å². The maximum atomic E-state index is 4.31. The van der Waals surface area contributed by atoms with Crippen molar-refractivity contribution < 1.29 is 0 Å². The van der Waals surface area contributed by atoms with E-state index in [1.165, 1.54) is 12.0 Å². The van der Waals surface area contributed by atoms with Gasteiger partial charge >= 0.3 is 0 Å². The fourth-order valence-electron chi connectivity index (χ4n) is 2.38. The van der Waals surface area contributed by atoms with E-state index in [2.05, 4.69) is 65.5 Å². The summed E-state index contributed by atoms with van der Waals surface area (Å²) in [6, 6.07) is 13.2. The zero-order chi connectivity index (χ0) is 13.2. The van der Waals surface area contributed by atoms with Crippen LogP contribution in [-0.2, 0) is 0 Å². The molecule has 0 amide bonds. The van der Waals surface area contributed by atoms with Crippen LogP contribution < -0.4 is 5.32 Å². The van der Waals surface area contributed by atoms with E-state index in [0.29, 0.717) is 17.9 Å². The molecule has 2 atom stereocenters. The Morgan fingerprint density at radius 1 is 1.16 bits per heavy atom. The summed E-state index contributed by atoms with van der Waals surface area (Å²) in [6.45, 7) is 4.30.